The largest absolute Gasteiger partial charge is 0.493 e. The summed E-state index contributed by atoms with van der Waals surface area (Å²) < 4.78 is 10.5. The number of hydrogen-bond acceptors (Lipinski definition) is 5. The lowest BCUT2D eigenvalue weighted by Crippen LogP contribution is -2.45. The molecule has 1 aliphatic rings. The van der Waals surface area contributed by atoms with Crippen LogP contribution in [-0.2, 0) is 0 Å². The van der Waals surface area contributed by atoms with E-state index in [1.807, 2.05) is 18.2 Å². The van der Waals surface area contributed by atoms with Crippen LogP contribution < -0.4 is 9.47 Å². The molecule has 0 spiro atoms. The Bertz CT molecular complexity index is 431. The Hall–Kier alpha value is -1.30. The Labute approximate surface area is 120 Å². The van der Waals surface area contributed by atoms with Crippen LogP contribution >= 0.6 is 0 Å². The van der Waals surface area contributed by atoms with Crippen molar-refractivity contribution in [2.75, 3.05) is 54.0 Å². The summed E-state index contributed by atoms with van der Waals surface area (Å²) >= 11 is 0. The molecule has 0 amide bonds. The van der Waals surface area contributed by atoms with Gasteiger partial charge in [-0.3, -0.25) is 4.90 Å². The summed E-state index contributed by atoms with van der Waals surface area (Å²) in [6, 6.07) is 5.57. The second-order valence-electron chi connectivity index (χ2n) is 5.23. The predicted molar refractivity (Wildman–Crippen MR) is 78.4 cm³/mol. The monoisotopic (exact) mass is 280 g/mol. The van der Waals surface area contributed by atoms with Crippen molar-refractivity contribution in [3.63, 3.8) is 0 Å². The van der Waals surface area contributed by atoms with Crippen molar-refractivity contribution in [3.05, 3.63) is 23.8 Å². The van der Waals surface area contributed by atoms with Crippen LogP contribution in [0.4, 0.5) is 0 Å². The Morgan fingerprint density at radius 1 is 1.10 bits per heavy atom. The van der Waals surface area contributed by atoms with Gasteiger partial charge in [0, 0.05) is 32.7 Å². The van der Waals surface area contributed by atoms with Crippen molar-refractivity contribution >= 4 is 0 Å². The molecule has 1 saturated heterocycles. The highest BCUT2D eigenvalue weighted by molar-refractivity contribution is 5.43. The van der Waals surface area contributed by atoms with E-state index in [0.717, 1.165) is 31.7 Å². The molecular formula is C15H24N2O3. The topological polar surface area (TPSA) is 45.2 Å². The van der Waals surface area contributed by atoms with Gasteiger partial charge in [-0.05, 0) is 24.7 Å². The molecular weight excluding hydrogens is 256 g/mol. The highest BCUT2D eigenvalue weighted by atomic mass is 16.5. The van der Waals surface area contributed by atoms with Crippen LogP contribution in [0.3, 0.4) is 0 Å². The summed E-state index contributed by atoms with van der Waals surface area (Å²) in [6.45, 7) is 4.77. The molecule has 2 rings (SSSR count). The predicted octanol–water partition coefficient (Wildman–Crippen LogP) is 0.985. The minimum absolute atomic E-state index is 0.502. The zero-order chi connectivity index (χ0) is 14.5. The Balaban J connectivity index is 2.00. The lowest BCUT2D eigenvalue weighted by molar-refractivity contribution is 0.0803. The number of aliphatic hydroxyl groups excluding tert-OH is 1. The number of piperazine rings is 1. The second-order valence-corrected chi connectivity index (χ2v) is 5.23. The average Bonchev–Trinajstić information content (AvgIpc) is 2.48. The molecule has 0 aromatic heterocycles. The maximum atomic E-state index is 10.4. The summed E-state index contributed by atoms with van der Waals surface area (Å²) in [6.07, 6.45) is -0.502. The van der Waals surface area contributed by atoms with Gasteiger partial charge in [0.2, 0.25) is 0 Å². The third-order valence-electron chi connectivity index (χ3n) is 3.82. The summed E-state index contributed by atoms with van der Waals surface area (Å²) in [5.74, 6) is 1.34. The van der Waals surface area contributed by atoms with E-state index in [1.54, 1.807) is 14.2 Å². The number of likely N-dealkylation sites (N-methyl/N-ethyl adjacent to an activating group) is 1. The molecule has 1 aromatic carbocycles. The first kappa shape index (κ1) is 15.1. The third-order valence-corrected chi connectivity index (χ3v) is 3.82. The first-order chi connectivity index (χ1) is 9.63. The summed E-state index contributed by atoms with van der Waals surface area (Å²) in [5, 5.41) is 10.4. The molecule has 0 bridgehead atoms. The van der Waals surface area contributed by atoms with Gasteiger partial charge in [-0.1, -0.05) is 6.07 Å². The molecule has 0 aliphatic carbocycles. The molecule has 20 heavy (non-hydrogen) atoms. The number of methoxy groups -OCH3 is 2. The summed E-state index contributed by atoms with van der Waals surface area (Å²) in [5.41, 5.74) is 0.863. The summed E-state index contributed by atoms with van der Waals surface area (Å²) in [7, 11) is 5.34. The number of β-amino-alcohol motifs (C(OH)–C–C–N with tert-alkyl or cyclic N) is 1. The fourth-order valence-electron chi connectivity index (χ4n) is 2.44. The quantitative estimate of drug-likeness (QED) is 0.871. The van der Waals surface area contributed by atoms with Crippen LogP contribution in [-0.4, -0.2) is 68.9 Å². The zero-order valence-electron chi connectivity index (χ0n) is 12.5. The van der Waals surface area contributed by atoms with Crippen molar-refractivity contribution in [2.24, 2.45) is 0 Å². The molecule has 1 atom stereocenters. The molecule has 1 aliphatic heterocycles. The van der Waals surface area contributed by atoms with E-state index in [-0.39, 0.29) is 0 Å². The smallest absolute Gasteiger partial charge is 0.161 e. The molecule has 0 saturated carbocycles. The van der Waals surface area contributed by atoms with E-state index in [2.05, 4.69) is 16.8 Å². The van der Waals surface area contributed by atoms with Gasteiger partial charge in [-0.2, -0.15) is 0 Å². The van der Waals surface area contributed by atoms with Crippen LogP contribution in [0.2, 0.25) is 0 Å². The molecule has 112 valence electrons. The fourth-order valence-corrected chi connectivity index (χ4v) is 2.44. The minimum Gasteiger partial charge on any atom is -0.493 e. The SMILES string of the molecule is COc1ccc(C(O)CN2CCN(C)CC2)cc1OC. The van der Waals surface area contributed by atoms with Crippen LogP contribution in [0, 0.1) is 0 Å². The number of ether oxygens (including phenoxy) is 2. The molecule has 1 N–H and O–H groups in total. The van der Waals surface area contributed by atoms with Gasteiger partial charge in [0.25, 0.3) is 0 Å². The van der Waals surface area contributed by atoms with Gasteiger partial charge in [0.05, 0.1) is 20.3 Å². The van der Waals surface area contributed by atoms with Gasteiger partial charge in [-0.15, -0.1) is 0 Å². The Morgan fingerprint density at radius 3 is 2.35 bits per heavy atom. The van der Waals surface area contributed by atoms with Gasteiger partial charge in [0.1, 0.15) is 0 Å². The van der Waals surface area contributed by atoms with Gasteiger partial charge in [0.15, 0.2) is 11.5 Å². The second kappa shape index (κ2) is 6.92. The highest BCUT2D eigenvalue weighted by Gasteiger charge is 2.19. The van der Waals surface area contributed by atoms with Crippen molar-refractivity contribution in [1.82, 2.24) is 9.80 Å². The van der Waals surface area contributed by atoms with E-state index in [9.17, 15) is 5.11 Å². The zero-order valence-corrected chi connectivity index (χ0v) is 12.5. The third kappa shape index (κ3) is 3.62. The lowest BCUT2D eigenvalue weighted by Gasteiger charge is -2.33. The number of nitrogens with zero attached hydrogens (tertiary/aromatic N) is 2. The van der Waals surface area contributed by atoms with Crippen molar-refractivity contribution in [3.8, 4) is 11.5 Å². The van der Waals surface area contributed by atoms with E-state index in [4.69, 9.17) is 9.47 Å². The first-order valence-corrected chi connectivity index (χ1v) is 6.95. The van der Waals surface area contributed by atoms with Crippen molar-refractivity contribution in [1.29, 1.82) is 0 Å². The molecule has 0 radical (unpaired) electrons. The van der Waals surface area contributed by atoms with Gasteiger partial charge < -0.3 is 19.5 Å². The highest BCUT2D eigenvalue weighted by Crippen LogP contribution is 2.30. The van der Waals surface area contributed by atoms with Crippen LogP contribution in [0.1, 0.15) is 11.7 Å². The average molecular weight is 280 g/mol. The maximum absolute atomic E-state index is 10.4. The molecule has 1 unspecified atom stereocenters. The van der Waals surface area contributed by atoms with E-state index >= 15 is 0 Å². The molecule has 5 heteroatoms. The van der Waals surface area contributed by atoms with Crippen molar-refractivity contribution < 1.29 is 14.6 Å². The first-order valence-electron chi connectivity index (χ1n) is 6.95. The molecule has 1 fully saturated rings. The molecule has 1 aromatic rings. The fraction of sp³-hybridized carbons (Fsp3) is 0.600. The van der Waals surface area contributed by atoms with Crippen LogP contribution in [0.5, 0.6) is 11.5 Å². The standard InChI is InChI=1S/C15H24N2O3/c1-16-6-8-17(9-7-16)11-13(18)12-4-5-14(19-2)15(10-12)20-3/h4-5,10,13,18H,6-9,11H2,1-3H3. The summed E-state index contributed by atoms with van der Waals surface area (Å²) in [4.78, 5) is 4.60. The van der Waals surface area contributed by atoms with E-state index in [0.29, 0.717) is 18.0 Å². The van der Waals surface area contributed by atoms with Crippen molar-refractivity contribution in [2.45, 2.75) is 6.10 Å². The molecule has 1 heterocycles. The molecule has 5 nitrogen and oxygen atoms in total. The van der Waals surface area contributed by atoms with Crippen LogP contribution in [0.25, 0.3) is 0 Å². The normalized spacial score (nSPS) is 18.8. The van der Waals surface area contributed by atoms with Crippen LogP contribution in [0.15, 0.2) is 18.2 Å². The maximum Gasteiger partial charge on any atom is 0.161 e. The van der Waals surface area contributed by atoms with E-state index < -0.39 is 6.10 Å². The number of aliphatic hydroxyl groups is 1. The van der Waals surface area contributed by atoms with E-state index in [1.165, 1.54) is 0 Å². The number of benzene rings is 1. The Morgan fingerprint density at radius 2 is 1.75 bits per heavy atom. The number of rotatable bonds is 5. The number of hydrogen-bond donors (Lipinski definition) is 1. The lowest BCUT2D eigenvalue weighted by atomic mass is 10.1. The van der Waals surface area contributed by atoms with Gasteiger partial charge >= 0.3 is 0 Å². The minimum atomic E-state index is -0.502. The Kier molecular flexibility index (Phi) is 5.23. The van der Waals surface area contributed by atoms with Gasteiger partial charge in [-0.25, -0.2) is 0 Å².